The van der Waals surface area contributed by atoms with E-state index in [-0.39, 0.29) is 0 Å². The molecule has 2 aliphatic rings. The van der Waals surface area contributed by atoms with Gasteiger partial charge in [-0.05, 0) is 25.2 Å². The average Bonchev–Trinajstić information content (AvgIpc) is 2.92. The quantitative estimate of drug-likeness (QED) is 0.585. The van der Waals surface area contributed by atoms with E-state index in [9.17, 15) is 0 Å². The second kappa shape index (κ2) is 6.23. The molecule has 0 aliphatic heterocycles. The summed E-state index contributed by atoms with van der Waals surface area (Å²) in [5.41, 5.74) is 3.17. The van der Waals surface area contributed by atoms with Gasteiger partial charge in [0.25, 0.3) is 0 Å². The molecular weight excluding hydrogens is 180 g/mol. The minimum absolute atomic E-state index is 0.723. The Balaban J connectivity index is 0.000000531. The van der Waals surface area contributed by atoms with Gasteiger partial charge in [-0.15, -0.1) is 13.2 Å². The van der Waals surface area contributed by atoms with Crippen LogP contribution in [0.5, 0.6) is 0 Å². The molecule has 0 bridgehead atoms. The van der Waals surface area contributed by atoms with E-state index in [2.05, 4.69) is 56.5 Å². The van der Waals surface area contributed by atoms with Crippen molar-refractivity contribution < 1.29 is 0 Å². The lowest BCUT2D eigenvalue weighted by Crippen LogP contribution is -1.98. The Labute approximate surface area is 93.4 Å². The normalized spacial score (nSPS) is 19.3. The standard InChI is InChI=1S/C13H16.C2H4/c1-11(13-8-4-5-9-13)10-12-6-2-3-7-12;1-2/h2-6,8,11H,7,9-10H2,1H3;1-2H2. The van der Waals surface area contributed by atoms with Crippen LogP contribution in [0.4, 0.5) is 0 Å². The van der Waals surface area contributed by atoms with Crippen LogP contribution in [-0.2, 0) is 0 Å². The molecule has 80 valence electrons. The first-order valence-electron chi connectivity index (χ1n) is 5.56. The first kappa shape index (κ1) is 11.8. The summed E-state index contributed by atoms with van der Waals surface area (Å²) in [5, 5.41) is 0. The van der Waals surface area contributed by atoms with E-state index in [4.69, 9.17) is 0 Å². The van der Waals surface area contributed by atoms with Crippen LogP contribution in [0.1, 0.15) is 26.2 Å². The Morgan fingerprint density at radius 1 is 1.13 bits per heavy atom. The van der Waals surface area contributed by atoms with Gasteiger partial charge in [-0.1, -0.05) is 54.5 Å². The molecule has 2 aliphatic carbocycles. The molecule has 0 N–H and O–H groups in total. The van der Waals surface area contributed by atoms with Crippen molar-refractivity contribution in [3.63, 3.8) is 0 Å². The zero-order chi connectivity index (χ0) is 11.1. The molecular formula is C15H20. The van der Waals surface area contributed by atoms with E-state index in [0.29, 0.717) is 0 Å². The highest BCUT2D eigenvalue weighted by atomic mass is 14.2. The third-order valence-electron chi connectivity index (χ3n) is 2.85. The fourth-order valence-corrected chi connectivity index (χ4v) is 2.00. The van der Waals surface area contributed by atoms with Crippen molar-refractivity contribution in [2.24, 2.45) is 5.92 Å². The number of allylic oxidation sites excluding steroid dienone is 8. The molecule has 0 saturated carbocycles. The van der Waals surface area contributed by atoms with E-state index in [1.54, 1.807) is 11.1 Å². The van der Waals surface area contributed by atoms with Gasteiger partial charge in [0, 0.05) is 0 Å². The fourth-order valence-electron chi connectivity index (χ4n) is 2.00. The summed E-state index contributed by atoms with van der Waals surface area (Å²) >= 11 is 0. The molecule has 0 aromatic rings. The lowest BCUT2D eigenvalue weighted by molar-refractivity contribution is 0.656. The number of hydrogen-bond acceptors (Lipinski definition) is 0. The lowest BCUT2D eigenvalue weighted by Gasteiger charge is -2.13. The van der Waals surface area contributed by atoms with E-state index in [1.807, 2.05) is 0 Å². The maximum absolute atomic E-state index is 3.00. The Morgan fingerprint density at radius 3 is 2.33 bits per heavy atom. The van der Waals surface area contributed by atoms with Crippen molar-refractivity contribution >= 4 is 0 Å². The number of hydrogen-bond donors (Lipinski definition) is 0. The maximum Gasteiger partial charge on any atom is -0.0130 e. The van der Waals surface area contributed by atoms with Gasteiger partial charge >= 0.3 is 0 Å². The van der Waals surface area contributed by atoms with Gasteiger partial charge in [0.05, 0.1) is 0 Å². The van der Waals surface area contributed by atoms with Crippen LogP contribution in [0, 0.1) is 5.92 Å². The van der Waals surface area contributed by atoms with Crippen molar-refractivity contribution in [2.75, 3.05) is 0 Å². The minimum atomic E-state index is 0.723. The topological polar surface area (TPSA) is 0 Å². The minimum Gasteiger partial charge on any atom is -0.106 e. The van der Waals surface area contributed by atoms with Crippen molar-refractivity contribution in [1.82, 2.24) is 0 Å². The van der Waals surface area contributed by atoms with Gasteiger partial charge in [-0.3, -0.25) is 0 Å². The van der Waals surface area contributed by atoms with Gasteiger partial charge in [-0.2, -0.15) is 0 Å². The van der Waals surface area contributed by atoms with Gasteiger partial charge in [-0.25, -0.2) is 0 Å². The largest absolute Gasteiger partial charge is 0.106 e. The highest BCUT2D eigenvalue weighted by Gasteiger charge is 2.11. The van der Waals surface area contributed by atoms with Crippen LogP contribution in [0.15, 0.2) is 60.8 Å². The van der Waals surface area contributed by atoms with E-state index in [1.165, 1.54) is 19.3 Å². The summed E-state index contributed by atoms with van der Waals surface area (Å²) in [6.07, 6.45) is 16.9. The van der Waals surface area contributed by atoms with E-state index >= 15 is 0 Å². The molecule has 0 aromatic carbocycles. The monoisotopic (exact) mass is 200 g/mol. The second-order valence-corrected chi connectivity index (χ2v) is 3.94. The smallest absolute Gasteiger partial charge is 0.0130 e. The molecule has 0 spiro atoms. The van der Waals surface area contributed by atoms with Crippen LogP contribution in [0.2, 0.25) is 0 Å². The van der Waals surface area contributed by atoms with Crippen molar-refractivity contribution in [1.29, 1.82) is 0 Å². The maximum atomic E-state index is 3.00. The fraction of sp³-hybridized carbons (Fsp3) is 0.333. The molecule has 0 saturated heterocycles. The molecule has 15 heavy (non-hydrogen) atoms. The van der Waals surface area contributed by atoms with Gasteiger partial charge in [0.1, 0.15) is 0 Å². The average molecular weight is 200 g/mol. The molecule has 2 rings (SSSR count). The predicted molar refractivity (Wildman–Crippen MR) is 68.7 cm³/mol. The summed E-state index contributed by atoms with van der Waals surface area (Å²) < 4.78 is 0. The third kappa shape index (κ3) is 3.39. The molecule has 0 nitrogen and oxygen atoms in total. The highest BCUT2D eigenvalue weighted by molar-refractivity contribution is 5.28. The van der Waals surface area contributed by atoms with Crippen molar-refractivity contribution in [3.05, 3.63) is 60.8 Å². The van der Waals surface area contributed by atoms with Crippen molar-refractivity contribution in [3.8, 4) is 0 Å². The van der Waals surface area contributed by atoms with Gasteiger partial charge in [0.15, 0.2) is 0 Å². The Bertz CT molecular complexity index is 313. The first-order valence-corrected chi connectivity index (χ1v) is 5.56. The zero-order valence-corrected chi connectivity index (χ0v) is 9.58. The van der Waals surface area contributed by atoms with Crippen LogP contribution in [0.25, 0.3) is 0 Å². The summed E-state index contributed by atoms with van der Waals surface area (Å²) in [7, 11) is 0. The molecule has 1 atom stereocenters. The van der Waals surface area contributed by atoms with Crippen LogP contribution in [0.3, 0.4) is 0 Å². The highest BCUT2D eigenvalue weighted by Crippen LogP contribution is 2.28. The van der Waals surface area contributed by atoms with Gasteiger partial charge < -0.3 is 0 Å². The van der Waals surface area contributed by atoms with Crippen LogP contribution in [-0.4, -0.2) is 0 Å². The predicted octanol–water partition coefficient (Wildman–Crippen LogP) is 4.59. The molecule has 0 radical (unpaired) electrons. The van der Waals surface area contributed by atoms with E-state index < -0.39 is 0 Å². The number of rotatable bonds is 3. The SMILES string of the molecule is C=C.CC(CC1=CC=CC1)C1=CC=CC1. The summed E-state index contributed by atoms with van der Waals surface area (Å²) in [4.78, 5) is 0. The Hall–Kier alpha value is -1.30. The molecule has 0 amide bonds. The van der Waals surface area contributed by atoms with Crippen molar-refractivity contribution in [2.45, 2.75) is 26.2 Å². The zero-order valence-electron chi connectivity index (χ0n) is 9.58. The molecule has 0 heterocycles. The molecule has 1 unspecified atom stereocenters. The van der Waals surface area contributed by atoms with Gasteiger partial charge in [0.2, 0.25) is 0 Å². The summed E-state index contributed by atoms with van der Waals surface area (Å²) in [5.74, 6) is 0.723. The Morgan fingerprint density at radius 2 is 1.80 bits per heavy atom. The first-order chi connectivity index (χ1) is 7.36. The van der Waals surface area contributed by atoms with Crippen LogP contribution < -0.4 is 0 Å². The lowest BCUT2D eigenvalue weighted by atomic mass is 9.92. The molecule has 0 aromatic heterocycles. The molecule has 0 heteroatoms. The summed E-state index contributed by atoms with van der Waals surface area (Å²) in [6, 6.07) is 0. The second-order valence-electron chi connectivity index (χ2n) is 3.94. The summed E-state index contributed by atoms with van der Waals surface area (Å²) in [6.45, 7) is 8.33. The Kier molecular flexibility index (Phi) is 4.89. The van der Waals surface area contributed by atoms with Crippen LogP contribution >= 0.6 is 0 Å². The van der Waals surface area contributed by atoms with E-state index in [0.717, 1.165) is 5.92 Å². The molecule has 0 fully saturated rings. The third-order valence-corrected chi connectivity index (χ3v) is 2.85.